The zero-order valence-electron chi connectivity index (χ0n) is 26.2. The zero-order chi connectivity index (χ0) is 30.6. The molecule has 3 aliphatic rings. The van der Waals surface area contributed by atoms with Crippen molar-refractivity contribution in [3.05, 3.63) is 130 Å². The Morgan fingerprint density at radius 2 is 0.933 bits per heavy atom. The van der Waals surface area contributed by atoms with Crippen LogP contribution in [0.5, 0.6) is 0 Å². The lowest BCUT2D eigenvalue weighted by Crippen LogP contribution is -2.29. The van der Waals surface area contributed by atoms with E-state index in [0.29, 0.717) is 25.0 Å². The molecule has 3 aliphatic carbocycles. The molecular formula is C41H46O4. The van der Waals surface area contributed by atoms with E-state index < -0.39 is 5.41 Å². The molecule has 4 nitrogen and oxygen atoms in total. The minimum Gasteiger partial charge on any atom is -0.394 e. The molecule has 0 radical (unpaired) electrons. The standard InChI is InChI=1S/C41H46O4/c42-23-25-44-35-19-15-29(16-20-35)31-7-5-9-33(27-31)41(39-13-3-1-11-37(39)38-12-2-4-14-40(38)41)34-10-6-8-32(28-34)30-17-21-36(22-18-30)45-26-24-43/h1-14,27-30,35-36,42-43H,15-26H2. The maximum atomic E-state index is 9.21. The molecule has 2 saturated carbocycles. The Bertz CT molecular complexity index is 1460. The highest BCUT2D eigenvalue weighted by Crippen LogP contribution is 2.56. The fourth-order valence-electron chi connectivity index (χ4n) is 8.64. The molecule has 4 aromatic carbocycles. The lowest BCUT2D eigenvalue weighted by atomic mass is 9.66. The van der Waals surface area contributed by atoms with Crippen molar-refractivity contribution in [2.24, 2.45) is 0 Å². The lowest BCUT2D eigenvalue weighted by molar-refractivity contribution is 0.00578. The second kappa shape index (κ2) is 13.6. The molecule has 4 aromatic rings. The van der Waals surface area contributed by atoms with E-state index in [9.17, 15) is 10.2 Å². The van der Waals surface area contributed by atoms with Crippen LogP contribution >= 0.6 is 0 Å². The van der Waals surface area contributed by atoms with E-state index in [-0.39, 0.29) is 25.4 Å². The monoisotopic (exact) mass is 602 g/mol. The van der Waals surface area contributed by atoms with Crippen LogP contribution in [0.4, 0.5) is 0 Å². The highest BCUT2D eigenvalue weighted by atomic mass is 16.5. The summed E-state index contributed by atoms with van der Waals surface area (Å²) in [4.78, 5) is 0. The molecule has 0 bridgehead atoms. The van der Waals surface area contributed by atoms with Crippen LogP contribution in [0.25, 0.3) is 11.1 Å². The maximum absolute atomic E-state index is 9.21. The van der Waals surface area contributed by atoms with Gasteiger partial charge >= 0.3 is 0 Å². The predicted molar refractivity (Wildman–Crippen MR) is 180 cm³/mol. The summed E-state index contributed by atoms with van der Waals surface area (Å²) >= 11 is 0. The Morgan fingerprint density at radius 1 is 0.511 bits per heavy atom. The first-order valence-electron chi connectivity index (χ1n) is 17.1. The molecule has 4 heteroatoms. The van der Waals surface area contributed by atoms with E-state index in [2.05, 4.69) is 97.1 Å². The minimum absolute atomic E-state index is 0.0918. The van der Waals surface area contributed by atoms with Crippen LogP contribution in [0.2, 0.25) is 0 Å². The molecule has 0 amide bonds. The van der Waals surface area contributed by atoms with Gasteiger partial charge in [-0.25, -0.2) is 0 Å². The van der Waals surface area contributed by atoms with Crippen LogP contribution in [0.15, 0.2) is 97.1 Å². The minimum atomic E-state index is -0.401. The van der Waals surface area contributed by atoms with Gasteiger partial charge in [0.05, 0.1) is 44.1 Å². The summed E-state index contributed by atoms with van der Waals surface area (Å²) in [5, 5.41) is 18.4. The van der Waals surface area contributed by atoms with Gasteiger partial charge in [0, 0.05) is 0 Å². The largest absolute Gasteiger partial charge is 0.394 e. The van der Waals surface area contributed by atoms with Crippen molar-refractivity contribution in [2.75, 3.05) is 26.4 Å². The van der Waals surface area contributed by atoms with Crippen molar-refractivity contribution in [2.45, 2.75) is 80.8 Å². The van der Waals surface area contributed by atoms with Crippen molar-refractivity contribution in [3.63, 3.8) is 0 Å². The van der Waals surface area contributed by atoms with Gasteiger partial charge in [-0.3, -0.25) is 0 Å². The summed E-state index contributed by atoms with van der Waals surface area (Å²) in [6, 6.07) is 37.0. The number of ether oxygens (including phenoxy) is 2. The fraction of sp³-hybridized carbons (Fsp3) is 0.415. The number of hydrogen-bond acceptors (Lipinski definition) is 4. The van der Waals surface area contributed by atoms with E-state index in [4.69, 9.17) is 9.47 Å². The van der Waals surface area contributed by atoms with E-state index in [0.717, 1.165) is 51.4 Å². The molecule has 0 spiro atoms. The quantitative estimate of drug-likeness (QED) is 0.170. The highest BCUT2D eigenvalue weighted by Gasteiger charge is 2.46. The first kappa shape index (κ1) is 30.4. The van der Waals surface area contributed by atoms with Gasteiger partial charge in [0.25, 0.3) is 0 Å². The van der Waals surface area contributed by atoms with Gasteiger partial charge in [-0.1, -0.05) is 97.1 Å². The molecule has 2 fully saturated rings. The average molecular weight is 603 g/mol. The maximum Gasteiger partial charge on any atom is 0.0713 e. The summed E-state index contributed by atoms with van der Waals surface area (Å²) in [7, 11) is 0. The zero-order valence-corrected chi connectivity index (χ0v) is 26.2. The first-order valence-corrected chi connectivity index (χ1v) is 17.1. The summed E-state index contributed by atoms with van der Waals surface area (Å²) < 4.78 is 11.8. The predicted octanol–water partition coefficient (Wildman–Crippen LogP) is 8.12. The number of aliphatic hydroxyl groups excluding tert-OH is 2. The average Bonchev–Trinajstić information content (AvgIpc) is 3.42. The van der Waals surface area contributed by atoms with E-state index >= 15 is 0 Å². The van der Waals surface area contributed by atoms with Crippen molar-refractivity contribution < 1.29 is 19.7 Å². The molecule has 0 heterocycles. The number of benzene rings is 4. The van der Waals surface area contributed by atoms with Crippen LogP contribution in [-0.2, 0) is 14.9 Å². The molecular weight excluding hydrogens is 556 g/mol. The van der Waals surface area contributed by atoms with Crippen LogP contribution < -0.4 is 0 Å². The van der Waals surface area contributed by atoms with Crippen LogP contribution in [0.1, 0.15) is 96.6 Å². The van der Waals surface area contributed by atoms with Crippen LogP contribution in [-0.4, -0.2) is 48.8 Å². The summed E-state index contributed by atoms with van der Waals surface area (Å²) in [6.45, 7) is 1.05. The number of aliphatic hydroxyl groups is 2. The summed E-state index contributed by atoms with van der Waals surface area (Å²) in [6.07, 6.45) is 9.13. The van der Waals surface area contributed by atoms with Gasteiger partial charge in [-0.2, -0.15) is 0 Å². The Balaban J connectivity index is 1.29. The van der Waals surface area contributed by atoms with Gasteiger partial charge < -0.3 is 19.7 Å². The van der Waals surface area contributed by atoms with Gasteiger partial charge in [0.2, 0.25) is 0 Å². The molecule has 45 heavy (non-hydrogen) atoms. The van der Waals surface area contributed by atoms with E-state index in [1.807, 2.05) is 0 Å². The third kappa shape index (κ3) is 5.79. The molecule has 7 rings (SSSR count). The Labute approximate surface area is 268 Å². The molecule has 0 atom stereocenters. The van der Waals surface area contributed by atoms with E-state index in [1.54, 1.807) is 0 Å². The first-order chi connectivity index (χ1) is 22.2. The SMILES string of the molecule is OCCOC1CCC(c2cccc(C3(c4cccc(C5CCC(OCCO)CC5)c4)c4ccccc4-c4ccccc43)c2)CC1. The fourth-order valence-corrected chi connectivity index (χ4v) is 8.64. The van der Waals surface area contributed by atoms with E-state index in [1.165, 1.54) is 44.5 Å². The van der Waals surface area contributed by atoms with Crippen molar-refractivity contribution in [1.29, 1.82) is 0 Å². The van der Waals surface area contributed by atoms with Gasteiger partial charge in [0.1, 0.15) is 0 Å². The molecule has 2 N–H and O–H groups in total. The second-order valence-electron chi connectivity index (χ2n) is 13.2. The van der Waals surface area contributed by atoms with Crippen molar-refractivity contribution in [1.82, 2.24) is 0 Å². The normalized spacial score (nSPS) is 23.8. The number of rotatable bonds is 10. The van der Waals surface area contributed by atoms with Crippen molar-refractivity contribution >= 4 is 0 Å². The number of hydrogen-bond donors (Lipinski definition) is 2. The van der Waals surface area contributed by atoms with Gasteiger partial charge in [-0.05, 0) is 108 Å². The smallest absolute Gasteiger partial charge is 0.0713 e. The van der Waals surface area contributed by atoms with Crippen molar-refractivity contribution in [3.8, 4) is 11.1 Å². The van der Waals surface area contributed by atoms with Gasteiger partial charge in [0.15, 0.2) is 0 Å². The highest BCUT2D eigenvalue weighted by molar-refractivity contribution is 5.86. The molecule has 0 aromatic heterocycles. The topological polar surface area (TPSA) is 58.9 Å². The number of fused-ring (bicyclic) bond motifs is 3. The molecule has 0 unspecified atom stereocenters. The van der Waals surface area contributed by atoms with Crippen LogP contribution in [0, 0.1) is 0 Å². The molecule has 0 aliphatic heterocycles. The summed E-state index contributed by atoms with van der Waals surface area (Å²) in [5.41, 5.74) is 10.5. The third-order valence-electron chi connectivity index (χ3n) is 10.8. The second-order valence-corrected chi connectivity index (χ2v) is 13.2. The van der Waals surface area contributed by atoms with Crippen LogP contribution in [0.3, 0.4) is 0 Å². The van der Waals surface area contributed by atoms with Gasteiger partial charge in [-0.15, -0.1) is 0 Å². The Kier molecular flexibility index (Phi) is 9.18. The molecule has 234 valence electrons. The third-order valence-corrected chi connectivity index (χ3v) is 10.8. The molecule has 0 saturated heterocycles. The lowest BCUT2D eigenvalue weighted by Gasteiger charge is -2.36. The Morgan fingerprint density at radius 3 is 1.36 bits per heavy atom. The summed E-state index contributed by atoms with van der Waals surface area (Å²) in [5.74, 6) is 1.02. The Hall–Kier alpha value is -3.28.